The first-order valence-electron chi connectivity index (χ1n) is 8.53. The second kappa shape index (κ2) is 11.3. The third-order valence-electron chi connectivity index (χ3n) is 3.95. The Bertz CT molecular complexity index is 510. The minimum atomic E-state index is -0.476. The van der Waals surface area contributed by atoms with Crippen molar-refractivity contribution in [2.24, 2.45) is 16.6 Å². The molecule has 0 fully saturated rings. The molecule has 0 bridgehead atoms. The number of hydrogen-bond donors (Lipinski definition) is 3. The summed E-state index contributed by atoms with van der Waals surface area (Å²) in [6.45, 7) is 6.06. The van der Waals surface area contributed by atoms with Crippen LogP contribution in [-0.2, 0) is 11.2 Å². The summed E-state index contributed by atoms with van der Waals surface area (Å²) in [6.07, 6.45) is 3.22. The van der Waals surface area contributed by atoms with Crippen LogP contribution in [0.1, 0.15) is 32.3 Å². The number of guanidine groups is 1. The third kappa shape index (κ3) is 7.85. The van der Waals surface area contributed by atoms with Crippen LogP contribution in [0.25, 0.3) is 0 Å². The van der Waals surface area contributed by atoms with E-state index in [9.17, 15) is 4.79 Å². The predicted molar refractivity (Wildman–Crippen MR) is 98.3 cm³/mol. The van der Waals surface area contributed by atoms with Gasteiger partial charge in [0.05, 0.1) is 0 Å². The first-order valence-corrected chi connectivity index (χ1v) is 8.53. The van der Waals surface area contributed by atoms with Gasteiger partial charge in [-0.25, -0.2) is 0 Å². The number of nitrogens with two attached hydrogens (primary N) is 1. The minimum Gasteiger partial charge on any atom is -0.484 e. The van der Waals surface area contributed by atoms with E-state index in [0.717, 1.165) is 25.5 Å². The maximum atomic E-state index is 10.7. The SMILES string of the molecule is CCC(CC)CNC(=NC)NCCc1ccc(OCC(N)=O)cc1. The lowest BCUT2D eigenvalue weighted by Crippen LogP contribution is -2.40. The zero-order valence-corrected chi connectivity index (χ0v) is 15.0. The smallest absolute Gasteiger partial charge is 0.255 e. The Morgan fingerprint density at radius 3 is 2.42 bits per heavy atom. The van der Waals surface area contributed by atoms with E-state index in [2.05, 4.69) is 29.5 Å². The summed E-state index contributed by atoms with van der Waals surface area (Å²) in [5.41, 5.74) is 6.23. The van der Waals surface area contributed by atoms with Crippen molar-refractivity contribution < 1.29 is 9.53 Å². The summed E-state index contributed by atoms with van der Waals surface area (Å²) in [6, 6.07) is 7.66. The number of nitrogens with zero attached hydrogens (tertiary/aromatic N) is 1. The Hall–Kier alpha value is -2.24. The summed E-state index contributed by atoms with van der Waals surface area (Å²) in [5.74, 6) is 1.68. The first-order chi connectivity index (χ1) is 11.6. The molecule has 1 rings (SSSR count). The molecule has 4 N–H and O–H groups in total. The Kier molecular flexibility index (Phi) is 9.34. The standard InChI is InChI=1S/C18H30N4O2/c1-4-14(5-2)12-22-18(20-3)21-11-10-15-6-8-16(9-7-15)24-13-17(19)23/h6-9,14H,4-5,10-13H2,1-3H3,(H2,19,23)(H2,20,21,22). The largest absolute Gasteiger partial charge is 0.484 e. The molecule has 0 saturated carbocycles. The van der Waals surface area contributed by atoms with Gasteiger partial charge < -0.3 is 21.1 Å². The van der Waals surface area contributed by atoms with Crippen LogP contribution in [0.3, 0.4) is 0 Å². The lowest BCUT2D eigenvalue weighted by molar-refractivity contribution is -0.119. The molecule has 6 nitrogen and oxygen atoms in total. The van der Waals surface area contributed by atoms with Gasteiger partial charge in [-0.2, -0.15) is 0 Å². The maximum absolute atomic E-state index is 10.7. The van der Waals surface area contributed by atoms with Crippen LogP contribution in [0.2, 0.25) is 0 Å². The monoisotopic (exact) mass is 334 g/mol. The number of primary amides is 1. The summed E-state index contributed by atoms with van der Waals surface area (Å²) in [4.78, 5) is 14.9. The minimum absolute atomic E-state index is 0.0978. The van der Waals surface area contributed by atoms with E-state index in [4.69, 9.17) is 10.5 Å². The second-order valence-corrected chi connectivity index (χ2v) is 5.71. The van der Waals surface area contributed by atoms with E-state index in [1.807, 2.05) is 24.3 Å². The van der Waals surface area contributed by atoms with Crippen molar-refractivity contribution >= 4 is 11.9 Å². The van der Waals surface area contributed by atoms with Gasteiger partial charge in [0.25, 0.3) is 5.91 Å². The second-order valence-electron chi connectivity index (χ2n) is 5.71. The lowest BCUT2D eigenvalue weighted by Gasteiger charge is -2.16. The molecule has 1 aromatic rings. The number of benzene rings is 1. The van der Waals surface area contributed by atoms with Gasteiger partial charge in [0.2, 0.25) is 0 Å². The molecule has 6 heteroatoms. The third-order valence-corrected chi connectivity index (χ3v) is 3.95. The van der Waals surface area contributed by atoms with Gasteiger partial charge in [0.15, 0.2) is 12.6 Å². The average molecular weight is 334 g/mol. The van der Waals surface area contributed by atoms with Crippen molar-refractivity contribution in [1.29, 1.82) is 0 Å². The Balaban J connectivity index is 2.33. The normalized spacial score (nSPS) is 11.4. The zero-order valence-electron chi connectivity index (χ0n) is 15.0. The Labute approximate surface area is 144 Å². The van der Waals surface area contributed by atoms with E-state index in [1.165, 1.54) is 18.4 Å². The van der Waals surface area contributed by atoms with Crippen molar-refractivity contribution in [2.45, 2.75) is 33.1 Å². The van der Waals surface area contributed by atoms with Gasteiger partial charge in [-0.05, 0) is 30.0 Å². The molecular formula is C18H30N4O2. The average Bonchev–Trinajstić information content (AvgIpc) is 2.60. The number of nitrogens with one attached hydrogen (secondary N) is 2. The molecule has 24 heavy (non-hydrogen) atoms. The molecule has 0 saturated heterocycles. The van der Waals surface area contributed by atoms with Crippen molar-refractivity contribution in [2.75, 3.05) is 26.7 Å². The van der Waals surface area contributed by atoms with Gasteiger partial charge in [-0.15, -0.1) is 0 Å². The van der Waals surface area contributed by atoms with Crippen LogP contribution in [0.5, 0.6) is 5.75 Å². The van der Waals surface area contributed by atoms with Crippen LogP contribution in [0, 0.1) is 5.92 Å². The van der Waals surface area contributed by atoms with Crippen LogP contribution >= 0.6 is 0 Å². The molecule has 0 aromatic heterocycles. The highest BCUT2D eigenvalue weighted by Gasteiger charge is 2.05. The summed E-state index contributed by atoms with van der Waals surface area (Å²) in [5, 5.41) is 6.69. The number of carbonyl (C=O) groups excluding carboxylic acids is 1. The molecule has 0 radical (unpaired) electrons. The van der Waals surface area contributed by atoms with Crippen LogP contribution < -0.4 is 21.1 Å². The van der Waals surface area contributed by atoms with Crippen molar-refractivity contribution in [3.63, 3.8) is 0 Å². The topological polar surface area (TPSA) is 88.7 Å². The van der Waals surface area contributed by atoms with Gasteiger partial charge >= 0.3 is 0 Å². The molecule has 0 spiro atoms. The first kappa shape index (κ1) is 19.8. The number of hydrogen-bond acceptors (Lipinski definition) is 3. The highest BCUT2D eigenvalue weighted by molar-refractivity contribution is 5.79. The fraction of sp³-hybridized carbons (Fsp3) is 0.556. The molecule has 1 amide bonds. The van der Waals surface area contributed by atoms with Gasteiger partial charge in [0.1, 0.15) is 5.75 Å². The van der Waals surface area contributed by atoms with Crippen LogP contribution in [0.15, 0.2) is 29.3 Å². The van der Waals surface area contributed by atoms with Gasteiger partial charge in [0, 0.05) is 20.1 Å². The number of ether oxygens (including phenoxy) is 1. The van der Waals surface area contributed by atoms with Gasteiger partial charge in [-0.3, -0.25) is 9.79 Å². The van der Waals surface area contributed by atoms with Gasteiger partial charge in [-0.1, -0.05) is 38.8 Å². The van der Waals surface area contributed by atoms with E-state index in [1.54, 1.807) is 7.05 Å². The molecule has 0 aliphatic heterocycles. The number of rotatable bonds is 10. The molecule has 0 atom stereocenters. The molecule has 0 aliphatic carbocycles. The van der Waals surface area contributed by atoms with E-state index in [0.29, 0.717) is 11.7 Å². The fourth-order valence-corrected chi connectivity index (χ4v) is 2.27. The number of carbonyl (C=O) groups is 1. The summed E-state index contributed by atoms with van der Waals surface area (Å²) < 4.78 is 5.24. The molecule has 134 valence electrons. The Morgan fingerprint density at radius 2 is 1.88 bits per heavy atom. The fourth-order valence-electron chi connectivity index (χ4n) is 2.27. The van der Waals surface area contributed by atoms with Crippen LogP contribution in [0.4, 0.5) is 0 Å². The van der Waals surface area contributed by atoms with E-state index >= 15 is 0 Å². The van der Waals surface area contributed by atoms with Crippen molar-refractivity contribution in [3.05, 3.63) is 29.8 Å². The number of aliphatic imine (C=N–C) groups is 1. The highest BCUT2D eigenvalue weighted by Crippen LogP contribution is 2.12. The lowest BCUT2D eigenvalue weighted by atomic mass is 10.0. The summed E-state index contributed by atoms with van der Waals surface area (Å²) in [7, 11) is 1.78. The van der Waals surface area contributed by atoms with Crippen LogP contribution in [-0.4, -0.2) is 38.6 Å². The quantitative estimate of drug-likeness (QED) is 0.449. The van der Waals surface area contributed by atoms with Crippen molar-refractivity contribution in [3.8, 4) is 5.75 Å². The van der Waals surface area contributed by atoms with E-state index in [-0.39, 0.29) is 6.61 Å². The maximum Gasteiger partial charge on any atom is 0.255 e. The van der Waals surface area contributed by atoms with E-state index < -0.39 is 5.91 Å². The highest BCUT2D eigenvalue weighted by atomic mass is 16.5. The predicted octanol–water partition coefficient (Wildman–Crippen LogP) is 1.69. The molecular weight excluding hydrogens is 304 g/mol. The Morgan fingerprint density at radius 1 is 1.21 bits per heavy atom. The summed E-state index contributed by atoms with van der Waals surface area (Å²) >= 11 is 0. The molecule has 0 unspecified atom stereocenters. The zero-order chi connectivity index (χ0) is 17.8. The molecule has 0 aliphatic rings. The molecule has 1 aromatic carbocycles. The number of amides is 1. The van der Waals surface area contributed by atoms with Crippen molar-refractivity contribution in [1.82, 2.24) is 10.6 Å². The molecule has 0 heterocycles.